The normalized spacial score (nSPS) is 13.3. The maximum absolute atomic E-state index is 13.1. The van der Waals surface area contributed by atoms with Gasteiger partial charge in [-0.3, -0.25) is 14.6 Å². The van der Waals surface area contributed by atoms with Gasteiger partial charge < -0.3 is 20.1 Å². The molecule has 0 saturated heterocycles. The lowest BCUT2D eigenvalue weighted by Crippen LogP contribution is -2.35. The van der Waals surface area contributed by atoms with Crippen LogP contribution in [0.3, 0.4) is 0 Å². The number of nitriles is 1. The number of carbonyl (C=O) groups excluding carboxylic acids is 2. The third-order valence-electron chi connectivity index (χ3n) is 6.03. The second-order valence-electron chi connectivity index (χ2n) is 8.45. The van der Waals surface area contributed by atoms with Crippen LogP contribution in [0.15, 0.2) is 66.9 Å². The van der Waals surface area contributed by atoms with Gasteiger partial charge in [-0.2, -0.15) is 5.26 Å². The van der Waals surface area contributed by atoms with Crippen molar-refractivity contribution in [3.63, 3.8) is 0 Å². The van der Waals surface area contributed by atoms with Crippen molar-refractivity contribution in [2.45, 2.75) is 12.8 Å². The van der Waals surface area contributed by atoms with Crippen molar-refractivity contribution < 1.29 is 23.5 Å². The number of fused-ring (bicyclic) bond motifs is 1. The molecule has 10 heteroatoms. The predicted molar refractivity (Wildman–Crippen MR) is 133 cm³/mol. The Morgan fingerprint density at radius 3 is 2.16 bits per heavy atom. The molecule has 2 aromatic carbocycles. The number of nitrogens with zero attached hydrogens (tertiary/aromatic N) is 3. The third kappa shape index (κ3) is 4.75. The first-order valence-corrected chi connectivity index (χ1v) is 11.3. The first kappa shape index (κ1) is 23.7. The van der Waals surface area contributed by atoms with Crippen LogP contribution in [0.4, 0.5) is 15.8 Å². The summed E-state index contributed by atoms with van der Waals surface area (Å²) >= 11 is 0. The van der Waals surface area contributed by atoms with Gasteiger partial charge in [0, 0.05) is 29.7 Å². The molecule has 37 heavy (non-hydrogen) atoms. The van der Waals surface area contributed by atoms with Gasteiger partial charge in [0.2, 0.25) is 11.8 Å². The number of hydrogen-bond donors (Lipinski definition) is 2. The molecular formula is C27H20FN5O4. The van der Waals surface area contributed by atoms with Crippen molar-refractivity contribution in [3.05, 3.63) is 78.4 Å². The summed E-state index contributed by atoms with van der Waals surface area (Å²) in [6.07, 6.45) is 2.40. The monoisotopic (exact) mass is 497 g/mol. The molecule has 0 bridgehead atoms. The Balaban J connectivity index is 1.27. The second kappa shape index (κ2) is 9.54. The molecule has 0 unspecified atom stereocenters. The van der Waals surface area contributed by atoms with Crippen LogP contribution in [0.5, 0.6) is 17.2 Å². The van der Waals surface area contributed by atoms with Gasteiger partial charge in [-0.25, -0.2) is 9.37 Å². The lowest BCUT2D eigenvalue weighted by atomic mass is 10.0. The second-order valence-corrected chi connectivity index (χ2v) is 8.45. The van der Waals surface area contributed by atoms with E-state index in [-0.39, 0.29) is 5.69 Å². The number of hydrogen-bond acceptors (Lipinski definition) is 7. The number of carbonyl (C=O) groups is 2. The zero-order valence-corrected chi connectivity index (χ0v) is 19.6. The van der Waals surface area contributed by atoms with Crippen LogP contribution in [-0.4, -0.2) is 28.9 Å². The van der Waals surface area contributed by atoms with Crippen LogP contribution in [0.25, 0.3) is 11.0 Å². The van der Waals surface area contributed by atoms with E-state index in [4.69, 9.17) is 9.47 Å². The lowest BCUT2D eigenvalue weighted by Gasteiger charge is -2.16. The van der Waals surface area contributed by atoms with E-state index in [9.17, 15) is 19.2 Å². The van der Waals surface area contributed by atoms with Crippen LogP contribution in [0.1, 0.15) is 18.5 Å². The number of nitrogens with one attached hydrogen (secondary N) is 2. The number of pyridine rings is 2. The Labute approximate surface area is 210 Å². The van der Waals surface area contributed by atoms with Crippen molar-refractivity contribution in [1.29, 1.82) is 5.26 Å². The Morgan fingerprint density at radius 1 is 0.973 bits per heavy atom. The lowest BCUT2D eigenvalue weighted by molar-refractivity contribution is -0.131. The number of methoxy groups -OCH3 is 1. The average molecular weight is 497 g/mol. The van der Waals surface area contributed by atoms with Gasteiger partial charge in [0.15, 0.2) is 17.2 Å². The highest BCUT2D eigenvalue weighted by molar-refractivity contribution is 6.16. The third-order valence-corrected chi connectivity index (χ3v) is 6.03. The summed E-state index contributed by atoms with van der Waals surface area (Å²) in [6.45, 7) is 0. The summed E-state index contributed by atoms with van der Waals surface area (Å²) < 4.78 is 24.3. The summed E-state index contributed by atoms with van der Waals surface area (Å²) in [4.78, 5) is 34.2. The Bertz CT molecular complexity index is 1540. The highest BCUT2D eigenvalue weighted by atomic mass is 19.1. The van der Waals surface area contributed by atoms with Gasteiger partial charge in [0.1, 0.15) is 28.6 Å². The van der Waals surface area contributed by atoms with Crippen molar-refractivity contribution in [2.75, 3.05) is 17.7 Å². The molecule has 2 N–H and O–H groups in total. The minimum Gasteiger partial charge on any atom is -0.494 e. The van der Waals surface area contributed by atoms with Crippen LogP contribution in [-0.2, 0) is 9.59 Å². The number of ether oxygens (including phenoxy) is 2. The molecule has 2 aromatic heterocycles. The van der Waals surface area contributed by atoms with Gasteiger partial charge >= 0.3 is 0 Å². The fourth-order valence-corrected chi connectivity index (χ4v) is 3.80. The first-order valence-electron chi connectivity index (χ1n) is 11.3. The van der Waals surface area contributed by atoms with Crippen molar-refractivity contribution in [1.82, 2.24) is 9.97 Å². The largest absolute Gasteiger partial charge is 0.494 e. The van der Waals surface area contributed by atoms with Crippen molar-refractivity contribution in [3.8, 4) is 23.3 Å². The molecule has 0 aliphatic heterocycles. The quantitative estimate of drug-likeness (QED) is 0.351. The highest BCUT2D eigenvalue weighted by Gasteiger charge is 2.56. The minimum absolute atomic E-state index is 0.114. The van der Waals surface area contributed by atoms with E-state index in [2.05, 4.69) is 20.6 Å². The number of rotatable bonds is 7. The zero-order valence-electron chi connectivity index (χ0n) is 19.6. The van der Waals surface area contributed by atoms with Gasteiger partial charge in [0.05, 0.1) is 12.6 Å². The summed E-state index contributed by atoms with van der Waals surface area (Å²) in [7, 11) is 1.45. The van der Waals surface area contributed by atoms with Crippen LogP contribution >= 0.6 is 0 Å². The molecule has 9 nitrogen and oxygen atoms in total. The SMILES string of the molecule is COc1cc2nccc(Oc3ccc(NC(=O)C4(C(=O)Nc5ccc(F)cc5)CC4)cc3)c2nc1C#N. The zero-order chi connectivity index (χ0) is 26.0. The number of amides is 2. The van der Waals surface area contributed by atoms with E-state index < -0.39 is 23.0 Å². The molecule has 1 aliphatic rings. The van der Waals surface area contributed by atoms with E-state index >= 15 is 0 Å². The van der Waals surface area contributed by atoms with Gasteiger partial charge in [0.25, 0.3) is 0 Å². The standard InChI is InChI=1S/C27H20FN5O4/c1-36-23-14-20-24(33-21(23)15-29)22(10-13-30-20)37-19-8-6-18(7-9-19)32-26(35)27(11-12-27)25(34)31-17-4-2-16(28)3-5-17/h2-10,13-14H,11-12H2,1H3,(H,31,34)(H,32,35). The fraction of sp³-hybridized carbons (Fsp3) is 0.148. The van der Waals surface area contributed by atoms with Gasteiger partial charge in [-0.05, 0) is 61.4 Å². The predicted octanol–water partition coefficient (Wildman–Crippen LogP) is 4.80. The summed E-state index contributed by atoms with van der Waals surface area (Å²) in [5.74, 6) is -0.0680. The summed E-state index contributed by atoms with van der Waals surface area (Å²) in [6, 6.07) is 17.2. The van der Waals surface area contributed by atoms with Crippen molar-refractivity contribution in [2.24, 2.45) is 5.41 Å². The van der Waals surface area contributed by atoms with E-state index in [1.54, 1.807) is 42.6 Å². The molecule has 5 rings (SSSR count). The highest BCUT2D eigenvalue weighted by Crippen LogP contribution is 2.47. The Hall–Kier alpha value is -5.04. The topological polar surface area (TPSA) is 126 Å². The molecule has 2 heterocycles. The molecule has 1 aliphatic carbocycles. The molecule has 0 radical (unpaired) electrons. The first-order chi connectivity index (χ1) is 17.9. The maximum atomic E-state index is 13.1. The minimum atomic E-state index is -1.16. The van der Waals surface area contributed by atoms with Gasteiger partial charge in [-0.15, -0.1) is 0 Å². The van der Waals surface area contributed by atoms with Crippen LogP contribution < -0.4 is 20.1 Å². The smallest absolute Gasteiger partial charge is 0.240 e. The molecule has 1 fully saturated rings. The molecule has 2 amide bonds. The van der Waals surface area contributed by atoms with Gasteiger partial charge in [-0.1, -0.05) is 0 Å². The van der Waals surface area contributed by atoms with E-state index in [0.29, 0.717) is 52.5 Å². The fourth-order valence-electron chi connectivity index (χ4n) is 3.80. The molecule has 1 saturated carbocycles. The summed E-state index contributed by atoms with van der Waals surface area (Å²) in [5, 5.41) is 14.8. The van der Waals surface area contributed by atoms with E-state index in [1.165, 1.54) is 31.4 Å². The molecule has 0 atom stereocenters. The molecule has 0 spiro atoms. The summed E-state index contributed by atoms with van der Waals surface area (Å²) in [5.41, 5.74) is 0.775. The molecular weight excluding hydrogens is 477 g/mol. The number of anilines is 2. The average Bonchev–Trinajstić information content (AvgIpc) is 3.73. The number of benzene rings is 2. The van der Waals surface area contributed by atoms with Crippen molar-refractivity contribution >= 4 is 34.2 Å². The van der Waals surface area contributed by atoms with E-state index in [0.717, 1.165) is 0 Å². The molecule has 184 valence electrons. The maximum Gasteiger partial charge on any atom is 0.240 e. The number of halogens is 1. The Kier molecular flexibility index (Phi) is 6.11. The number of aromatic nitrogens is 2. The Morgan fingerprint density at radius 2 is 1.59 bits per heavy atom. The van der Waals surface area contributed by atoms with Crippen LogP contribution in [0.2, 0.25) is 0 Å². The molecule has 4 aromatic rings. The van der Waals surface area contributed by atoms with E-state index in [1.807, 2.05) is 6.07 Å². The van der Waals surface area contributed by atoms with Crippen LogP contribution in [0, 0.1) is 22.6 Å².